The second-order valence-electron chi connectivity index (χ2n) is 4.37. The highest BCUT2D eigenvalue weighted by Gasteiger charge is 2.05. The van der Waals surface area contributed by atoms with E-state index in [1.165, 1.54) is 3.57 Å². The zero-order valence-electron chi connectivity index (χ0n) is 10.7. The minimum absolute atomic E-state index is 0.0353. The molecule has 0 atom stereocenters. The topological polar surface area (TPSA) is 42.0 Å². The maximum absolute atomic E-state index is 11.9. The molecule has 0 bridgehead atoms. The summed E-state index contributed by atoms with van der Waals surface area (Å²) in [6, 6.07) is 9.85. The molecular weight excluding hydrogens is 351 g/mol. The van der Waals surface area contributed by atoms with Crippen LogP contribution in [0.4, 0.5) is 5.69 Å². The van der Waals surface area contributed by atoms with Gasteiger partial charge in [0, 0.05) is 28.1 Å². The molecule has 0 saturated carbocycles. The van der Waals surface area contributed by atoms with Crippen LogP contribution in [0.1, 0.15) is 17.5 Å². The van der Waals surface area contributed by atoms with Crippen molar-refractivity contribution in [2.75, 3.05) is 5.32 Å². The van der Waals surface area contributed by atoms with Gasteiger partial charge in [0.05, 0.1) is 0 Å². The Bertz CT molecular complexity index is 570. The third kappa shape index (κ3) is 4.31. The summed E-state index contributed by atoms with van der Waals surface area (Å²) in [5.74, 6) is 0.0353. The Morgan fingerprint density at radius 3 is 2.89 bits per heavy atom. The number of aromatic nitrogens is 1. The SMILES string of the molecule is Cc1cc(I)ccc1NC(=O)CCc1cccnc1. The van der Waals surface area contributed by atoms with Crippen molar-refractivity contribution in [3.05, 3.63) is 57.4 Å². The van der Waals surface area contributed by atoms with Gasteiger partial charge in [-0.25, -0.2) is 0 Å². The number of halogens is 1. The smallest absolute Gasteiger partial charge is 0.224 e. The van der Waals surface area contributed by atoms with Crippen LogP contribution in [0.3, 0.4) is 0 Å². The Balaban J connectivity index is 1.91. The number of hydrogen-bond donors (Lipinski definition) is 1. The predicted molar refractivity (Wildman–Crippen MR) is 85.1 cm³/mol. The van der Waals surface area contributed by atoms with Crippen LogP contribution in [-0.4, -0.2) is 10.9 Å². The van der Waals surface area contributed by atoms with Gasteiger partial charge in [0.25, 0.3) is 0 Å². The monoisotopic (exact) mass is 366 g/mol. The summed E-state index contributed by atoms with van der Waals surface area (Å²) in [5.41, 5.74) is 3.05. The van der Waals surface area contributed by atoms with Crippen LogP contribution in [0, 0.1) is 10.5 Å². The molecule has 0 aliphatic carbocycles. The van der Waals surface area contributed by atoms with Crippen molar-refractivity contribution in [3.8, 4) is 0 Å². The van der Waals surface area contributed by atoms with E-state index in [2.05, 4.69) is 39.0 Å². The number of aryl methyl sites for hydroxylation is 2. The van der Waals surface area contributed by atoms with Crippen LogP contribution in [0.5, 0.6) is 0 Å². The first-order valence-electron chi connectivity index (χ1n) is 6.10. The molecule has 98 valence electrons. The Labute approximate surface area is 126 Å². The third-order valence-corrected chi connectivity index (χ3v) is 3.50. The highest BCUT2D eigenvalue weighted by Crippen LogP contribution is 2.18. The zero-order valence-corrected chi connectivity index (χ0v) is 12.8. The van der Waals surface area contributed by atoms with Gasteiger partial charge in [0.15, 0.2) is 0 Å². The number of pyridine rings is 1. The van der Waals surface area contributed by atoms with E-state index in [0.717, 1.165) is 16.8 Å². The summed E-state index contributed by atoms with van der Waals surface area (Å²) in [7, 11) is 0. The lowest BCUT2D eigenvalue weighted by molar-refractivity contribution is -0.116. The average molecular weight is 366 g/mol. The molecule has 1 N–H and O–H groups in total. The first-order chi connectivity index (χ1) is 9.15. The van der Waals surface area contributed by atoms with Crippen LogP contribution in [-0.2, 0) is 11.2 Å². The van der Waals surface area contributed by atoms with Gasteiger partial charge in [-0.1, -0.05) is 6.07 Å². The minimum atomic E-state index is 0.0353. The standard InChI is InChI=1S/C15H15IN2O/c1-11-9-13(16)5-6-14(11)18-15(19)7-4-12-3-2-8-17-10-12/h2-3,5-6,8-10H,4,7H2,1H3,(H,18,19). The molecule has 19 heavy (non-hydrogen) atoms. The molecule has 0 aliphatic heterocycles. The molecule has 1 heterocycles. The summed E-state index contributed by atoms with van der Waals surface area (Å²) in [5, 5.41) is 2.94. The van der Waals surface area contributed by atoms with Crippen molar-refractivity contribution in [3.63, 3.8) is 0 Å². The molecule has 1 aromatic heterocycles. The van der Waals surface area contributed by atoms with E-state index in [0.29, 0.717) is 12.8 Å². The summed E-state index contributed by atoms with van der Waals surface area (Å²) in [6.45, 7) is 2.00. The van der Waals surface area contributed by atoms with Crippen LogP contribution < -0.4 is 5.32 Å². The molecule has 0 aliphatic rings. The number of anilines is 1. The van der Waals surface area contributed by atoms with Crippen molar-refractivity contribution in [1.29, 1.82) is 0 Å². The fraction of sp³-hybridized carbons (Fsp3) is 0.200. The Morgan fingerprint density at radius 2 is 2.21 bits per heavy atom. The van der Waals surface area contributed by atoms with Crippen LogP contribution in [0.25, 0.3) is 0 Å². The van der Waals surface area contributed by atoms with E-state index in [4.69, 9.17) is 0 Å². The summed E-state index contributed by atoms with van der Waals surface area (Å²) < 4.78 is 1.17. The van der Waals surface area contributed by atoms with Gasteiger partial charge in [-0.05, 0) is 71.3 Å². The Morgan fingerprint density at radius 1 is 1.37 bits per heavy atom. The van der Waals surface area contributed by atoms with Crippen molar-refractivity contribution in [2.24, 2.45) is 0 Å². The fourth-order valence-electron chi connectivity index (χ4n) is 1.78. The molecule has 2 rings (SSSR count). The summed E-state index contributed by atoms with van der Waals surface area (Å²) in [6.07, 6.45) is 4.71. The van der Waals surface area contributed by atoms with Gasteiger partial charge in [-0.3, -0.25) is 9.78 Å². The molecule has 3 nitrogen and oxygen atoms in total. The number of nitrogens with one attached hydrogen (secondary N) is 1. The summed E-state index contributed by atoms with van der Waals surface area (Å²) >= 11 is 2.26. The van der Waals surface area contributed by atoms with Crippen molar-refractivity contribution < 1.29 is 4.79 Å². The molecule has 1 aromatic carbocycles. The lowest BCUT2D eigenvalue weighted by atomic mass is 10.1. The van der Waals surface area contributed by atoms with E-state index in [9.17, 15) is 4.79 Å². The van der Waals surface area contributed by atoms with Gasteiger partial charge in [-0.15, -0.1) is 0 Å². The molecule has 0 spiro atoms. The maximum atomic E-state index is 11.9. The van der Waals surface area contributed by atoms with Crippen LogP contribution >= 0.6 is 22.6 Å². The molecule has 0 saturated heterocycles. The Hall–Kier alpha value is -1.43. The lowest BCUT2D eigenvalue weighted by Crippen LogP contribution is -2.13. The zero-order chi connectivity index (χ0) is 13.7. The third-order valence-electron chi connectivity index (χ3n) is 2.83. The normalized spacial score (nSPS) is 10.2. The van der Waals surface area contributed by atoms with E-state index in [1.807, 2.05) is 31.2 Å². The fourth-order valence-corrected chi connectivity index (χ4v) is 2.43. The molecule has 1 amide bonds. The number of rotatable bonds is 4. The van der Waals surface area contributed by atoms with Gasteiger partial charge < -0.3 is 5.32 Å². The predicted octanol–water partition coefficient (Wildman–Crippen LogP) is 3.57. The highest BCUT2D eigenvalue weighted by atomic mass is 127. The molecule has 0 fully saturated rings. The second kappa shape index (κ2) is 6.65. The van der Waals surface area contributed by atoms with Crippen molar-refractivity contribution in [1.82, 2.24) is 4.98 Å². The van der Waals surface area contributed by atoms with Crippen molar-refractivity contribution >= 4 is 34.2 Å². The number of carbonyl (C=O) groups is 1. The minimum Gasteiger partial charge on any atom is -0.326 e. The molecule has 0 radical (unpaired) electrons. The van der Waals surface area contributed by atoms with Gasteiger partial charge in [-0.2, -0.15) is 0 Å². The number of benzene rings is 1. The average Bonchev–Trinajstić information content (AvgIpc) is 2.41. The van der Waals surface area contributed by atoms with E-state index in [-0.39, 0.29) is 5.91 Å². The number of amides is 1. The first kappa shape index (κ1) is 14.0. The number of hydrogen-bond acceptors (Lipinski definition) is 2. The quantitative estimate of drug-likeness (QED) is 0.841. The molecular formula is C15H15IN2O. The maximum Gasteiger partial charge on any atom is 0.224 e. The van der Waals surface area contributed by atoms with E-state index < -0.39 is 0 Å². The lowest BCUT2D eigenvalue weighted by Gasteiger charge is -2.08. The van der Waals surface area contributed by atoms with Crippen molar-refractivity contribution in [2.45, 2.75) is 19.8 Å². The molecule has 2 aromatic rings. The summed E-state index contributed by atoms with van der Waals surface area (Å²) in [4.78, 5) is 15.9. The molecule has 4 heteroatoms. The van der Waals surface area contributed by atoms with E-state index in [1.54, 1.807) is 12.4 Å². The largest absolute Gasteiger partial charge is 0.326 e. The van der Waals surface area contributed by atoms with Crippen LogP contribution in [0.2, 0.25) is 0 Å². The number of carbonyl (C=O) groups excluding carboxylic acids is 1. The van der Waals surface area contributed by atoms with E-state index >= 15 is 0 Å². The van der Waals surface area contributed by atoms with Gasteiger partial charge in [0.2, 0.25) is 5.91 Å². The molecule has 0 unspecified atom stereocenters. The number of nitrogens with zero attached hydrogens (tertiary/aromatic N) is 1. The first-order valence-corrected chi connectivity index (χ1v) is 7.18. The van der Waals surface area contributed by atoms with Gasteiger partial charge >= 0.3 is 0 Å². The highest BCUT2D eigenvalue weighted by molar-refractivity contribution is 14.1. The van der Waals surface area contributed by atoms with Crippen LogP contribution in [0.15, 0.2) is 42.7 Å². The Kier molecular flexibility index (Phi) is 4.90. The van der Waals surface area contributed by atoms with Gasteiger partial charge in [0.1, 0.15) is 0 Å². The second-order valence-corrected chi connectivity index (χ2v) is 5.61.